The maximum atomic E-state index is 12.1. The average molecular weight is 366 g/mol. The molecular formula is C16H16BrNO2S. The molecule has 2 heterocycles. The van der Waals surface area contributed by atoms with Gasteiger partial charge in [0.1, 0.15) is 6.10 Å². The average Bonchev–Trinajstić information content (AvgIpc) is 2.70. The summed E-state index contributed by atoms with van der Waals surface area (Å²) < 4.78 is 1.03. The molecule has 0 fully saturated rings. The number of carbonyl (C=O) groups is 1. The summed E-state index contributed by atoms with van der Waals surface area (Å²) in [5, 5.41) is 13.4. The predicted molar refractivity (Wildman–Crippen MR) is 87.9 cm³/mol. The highest BCUT2D eigenvalue weighted by Crippen LogP contribution is 2.35. The highest BCUT2D eigenvalue weighted by molar-refractivity contribution is 9.11. The number of halogens is 1. The molecule has 1 aliphatic rings. The van der Waals surface area contributed by atoms with Crippen LogP contribution in [0.5, 0.6) is 0 Å². The largest absolute Gasteiger partial charge is 0.383 e. The van der Waals surface area contributed by atoms with Gasteiger partial charge in [-0.3, -0.25) is 4.79 Å². The molecule has 21 heavy (non-hydrogen) atoms. The van der Waals surface area contributed by atoms with Crippen molar-refractivity contribution < 1.29 is 9.90 Å². The third-order valence-corrected chi connectivity index (χ3v) is 5.94. The maximum absolute atomic E-state index is 12.1. The number of hydrogen-bond acceptors (Lipinski definition) is 3. The number of carbonyl (C=O) groups excluding carboxylic acids is 1. The van der Waals surface area contributed by atoms with Gasteiger partial charge in [-0.05, 0) is 64.5 Å². The first-order chi connectivity index (χ1) is 10.1. The Balaban J connectivity index is 1.97. The second-order valence-electron chi connectivity index (χ2n) is 5.28. The zero-order chi connectivity index (χ0) is 15.0. The SMILES string of the molecule is Cc1cc(C(O)c2ccc3c(c2)C(=O)NCCC3)sc1Br. The summed E-state index contributed by atoms with van der Waals surface area (Å²) in [7, 11) is 0. The van der Waals surface area contributed by atoms with Crippen molar-refractivity contribution in [3.63, 3.8) is 0 Å². The van der Waals surface area contributed by atoms with E-state index in [1.165, 1.54) is 11.3 Å². The fourth-order valence-electron chi connectivity index (χ4n) is 2.55. The van der Waals surface area contributed by atoms with Crippen LogP contribution >= 0.6 is 27.3 Å². The molecule has 5 heteroatoms. The predicted octanol–water partition coefficient (Wildman–Crippen LogP) is 3.58. The lowest BCUT2D eigenvalue weighted by Crippen LogP contribution is -2.22. The molecule has 2 aromatic rings. The summed E-state index contributed by atoms with van der Waals surface area (Å²) in [6.07, 6.45) is 1.16. The molecular weight excluding hydrogens is 350 g/mol. The molecule has 3 rings (SSSR count). The van der Waals surface area contributed by atoms with E-state index in [9.17, 15) is 9.90 Å². The Kier molecular flexibility index (Phi) is 4.15. The topological polar surface area (TPSA) is 49.3 Å². The third kappa shape index (κ3) is 2.91. The van der Waals surface area contributed by atoms with Crippen LogP contribution in [0.15, 0.2) is 28.1 Å². The van der Waals surface area contributed by atoms with Gasteiger partial charge in [0, 0.05) is 17.0 Å². The van der Waals surface area contributed by atoms with Crippen molar-refractivity contribution in [1.82, 2.24) is 5.32 Å². The normalized spacial score (nSPS) is 16.0. The molecule has 0 spiro atoms. The minimum absolute atomic E-state index is 0.0416. The monoisotopic (exact) mass is 365 g/mol. The number of fused-ring (bicyclic) bond motifs is 1. The summed E-state index contributed by atoms with van der Waals surface area (Å²) in [6.45, 7) is 2.71. The second-order valence-corrected chi connectivity index (χ2v) is 7.69. The van der Waals surface area contributed by atoms with Gasteiger partial charge in [0.15, 0.2) is 0 Å². The van der Waals surface area contributed by atoms with Crippen LogP contribution in [0.25, 0.3) is 0 Å². The van der Waals surface area contributed by atoms with Crippen LogP contribution in [-0.4, -0.2) is 17.6 Å². The first-order valence-electron chi connectivity index (χ1n) is 6.91. The lowest BCUT2D eigenvalue weighted by atomic mass is 9.98. The van der Waals surface area contributed by atoms with E-state index in [0.717, 1.165) is 38.2 Å². The lowest BCUT2D eigenvalue weighted by molar-refractivity contribution is 0.0956. The summed E-state index contributed by atoms with van der Waals surface area (Å²) in [4.78, 5) is 13.0. The van der Waals surface area contributed by atoms with Gasteiger partial charge in [-0.2, -0.15) is 0 Å². The molecule has 0 saturated carbocycles. The molecule has 0 aliphatic carbocycles. The van der Waals surface area contributed by atoms with Crippen LogP contribution in [0, 0.1) is 6.92 Å². The third-order valence-electron chi connectivity index (χ3n) is 3.75. The Bertz CT molecular complexity index is 676. The summed E-state index contributed by atoms with van der Waals surface area (Å²) in [5.74, 6) is -0.0416. The van der Waals surface area contributed by atoms with Crippen molar-refractivity contribution in [2.45, 2.75) is 25.9 Å². The molecule has 0 bridgehead atoms. The van der Waals surface area contributed by atoms with Crippen molar-refractivity contribution in [2.24, 2.45) is 0 Å². The molecule has 1 atom stereocenters. The number of benzene rings is 1. The van der Waals surface area contributed by atoms with Crippen molar-refractivity contribution in [3.05, 3.63) is 55.2 Å². The van der Waals surface area contributed by atoms with Gasteiger partial charge in [-0.1, -0.05) is 12.1 Å². The molecule has 1 amide bonds. The fraction of sp³-hybridized carbons (Fsp3) is 0.312. The first kappa shape index (κ1) is 14.8. The molecule has 1 unspecified atom stereocenters. The minimum Gasteiger partial charge on any atom is -0.383 e. The Morgan fingerprint density at radius 3 is 2.90 bits per heavy atom. The van der Waals surface area contributed by atoms with Crippen LogP contribution in [0.3, 0.4) is 0 Å². The molecule has 0 radical (unpaired) electrons. The number of rotatable bonds is 2. The second kappa shape index (κ2) is 5.91. The Hall–Kier alpha value is -1.17. The zero-order valence-electron chi connectivity index (χ0n) is 11.6. The molecule has 3 nitrogen and oxygen atoms in total. The highest BCUT2D eigenvalue weighted by Gasteiger charge is 2.20. The number of aliphatic hydroxyl groups excluding tert-OH is 1. The van der Waals surface area contributed by atoms with Gasteiger partial charge in [-0.15, -0.1) is 11.3 Å². The van der Waals surface area contributed by atoms with E-state index < -0.39 is 6.10 Å². The van der Waals surface area contributed by atoms with E-state index in [1.807, 2.05) is 31.2 Å². The van der Waals surface area contributed by atoms with Gasteiger partial charge >= 0.3 is 0 Å². The number of hydrogen-bond donors (Lipinski definition) is 2. The Labute approximate surface area is 136 Å². The molecule has 1 aromatic heterocycles. The number of nitrogens with one attached hydrogen (secondary N) is 1. The minimum atomic E-state index is -0.693. The van der Waals surface area contributed by atoms with E-state index in [-0.39, 0.29) is 5.91 Å². The fourth-order valence-corrected chi connectivity index (χ4v) is 4.14. The zero-order valence-corrected chi connectivity index (χ0v) is 14.1. The van der Waals surface area contributed by atoms with Gasteiger partial charge in [0.05, 0.1) is 3.79 Å². The van der Waals surface area contributed by atoms with Crippen molar-refractivity contribution in [2.75, 3.05) is 6.54 Å². The van der Waals surface area contributed by atoms with Gasteiger partial charge < -0.3 is 10.4 Å². The van der Waals surface area contributed by atoms with E-state index in [0.29, 0.717) is 12.1 Å². The van der Waals surface area contributed by atoms with Crippen molar-refractivity contribution in [3.8, 4) is 0 Å². The van der Waals surface area contributed by atoms with Gasteiger partial charge in [0.25, 0.3) is 5.91 Å². The van der Waals surface area contributed by atoms with E-state index in [4.69, 9.17) is 0 Å². The Morgan fingerprint density at radius 2 is 2.19 bits per heavy atom. The summed E-state index contributed by atoms with van der Waals surface area (Å²) in [5.41, 5.74) is 3.63. The van der Waals surface area contributed by atoms with Crippen LogP contribution < -0.4 is 5.32 Å². The first-order valence-corrected chi connectivity index (χ1v) is 8.52. The van der Waals surface area contributed by atoms with E-state index in [1.54, 1.807) is 0 Å². The van der Waals surface area contributed by atoms with Crippen LogP contribution in [-0.2, 0) is 6.42 Å². The highest BCUT2D eigenvalue weighted by atomic mass is 79.9. The smallest absolute Gasteiger partial charge is 0.251 e. The van der Waals surface area contributed by atoms with E-state index in [2.05, 4.69) is 21.2 Å². The summed E-state index contributed by atoms with van der Waals surface area (Å²) >= 11 is 5.01. The molecule has 0 saturated heterocycles. The molecule has 110 valence electrons. The number of aryl methyl sites for hydroxylation is 2. The Morgan fingerprint density at radius 1 is 1.38 bits per heavy atom. The maximum Gasteiger partial charge on any atom is 0.251 e. The molecule has 1 aromatic carbocycles. The molecule has 1 aliphatic heterocycles. The van der Waals surface area contributed by atoms with Crippen molar-refractivity contribution in [1.29, 1.82) is 0 Å². The van der Waals surface area contributed by atoms with E-state index >= 15 is 0 Å². The van der Waals surface area contributed by atoms with Crippen LogP contribution in [0.2, 0.25) is 0 Å². The van der Waals surface area contributed by atoms with Crippen molar-refractivity contribution >= 4 is 33.2 Å². The summed E-state index contributed by atoms with van der Waals surface area (Å²) in [6, 6.07) is 7.69. The van der Waals surface area contributed by atoms with Gasteiger partial charge in [0.2, 0.25) is 0 Å². The standard InChI is InChI=1S/C16H16BrNO2S/c1-9-7-13(21-15(9)17)14(19)11-5-4-10-3-2-6-18-16(20)12(10)8-11/h4-5,7-8,14,19H,2-3,6H2,1H3,(H,18,20). The lowest BCUT2D eigenvalue weighted by Gasteiger charge is -2.12. The number of thiophene rings is 1. The van der Waals surface area contributed by atoms with Gasteiger partial charge in [-0.25, -0.2) is 0 Å². The molecule has 2 N–H and O–H groups in total. The quantitative estimate of drug-likeness (QED) is 0.854. The number of aliphatic hydroxyl groups is 1. The van der Waals surface area contributed by atoms with Crippen LogP contribution in [0.4, 0.5) is 0 Å². The van der Waals surface area contributed by atoms with Crippen LogP contribution in [0.1, 0.15) is 44.5 Å². The number of amides is 1.